The second-order valence-electron chi connectivity index (χ2n) is 4.01. The van der Waals surface area contributed by atoms with Crippen molar-refractivity contribution in [2.24, 2.45) is 0 Å². The van der Waals surface area contributed by atoms with Gasteiger partial charge in [-0.1, -0.05) is 6.92 Å². The smallest absolute Gasteiger partial charge is 0.0900 e. The second kappa shape index (κ2) is 6.99. The van der Waals surface area contributed by atoms with Crippen LogP contribution in [-0.4, -0.2) is 31.3 Å². The molecule has 0 saturated carbocycles. The maximum Gasteiger partial charge on any atom is 0.0900 e. The van der Waals surface area contributed by atoms with Gasteiger partial charge >= 0.3 is 0 Å². The van der Waals surface area contributed by atoms with Gasteiger partial charge in [-0.25, -0.2) is 4.98 Å². The number of aryl methyl sites for hydroxylation is 2. The monoisotopic (exact) mass is 242 g/mol. The van der Waals surface area contributed by atoms with Crippen LogP contribution in [0.4, 0.5) is 0 Å². The molecule has 1 heterocycles. The summed E-state index contributed by atoms with van der Waals surface area (Å²) in [5.41, 5.74) is 1.18. The fourth-order valence-corrected chi connectivity index (χ4v) is 2.65. The molecule has 1 aromatic rings. The van der Waals surface area contributed by atoms with E-state index in [4.69, 9.17) is 4.74 Å². The Morgan fingerprint density at radius 1 is 1.44 bits per heavy atom. The van der Waals surface area contributed by atoms with E-state index in [-0.39, 0.29) is 0 Å². The quantitative estimate of drug-likeness (QED) is 0.797. The van der Waals surface area contributed by atoms with E-state index in [9.17, 15) is 0 Å². The van der Waals surface area contributed by atoms with Crippen LogP contribution in [0.3, 0.4) is 0 Å². The molecule has 1 N–H and O–H groups in total. The number of methoxy groups -OCH3 is 1. The van der Waals surface area contributed by atoms with Gasteiger partial charge in [0.1, 0.15) is 0 Å². The first kappa shape index (κ1) is 13.6. The SMILES string of the molecule is CC[C@H](COC)NCCc1sc(C)nc1C. The van der Waals surface area contributed by atoms with Crippen LogP contribution in [0.25, 0.3) is 0 Å². The molecule has 1 aromatic heterocycles. The van der Waals surface area contributed by atoms with Crippen LogP contribution < -0.4 is 5.32 Å². The average molecular weight is 242 g/mol. The summed E-state index contributed by atoms with van der Waals surface area (Å²) in [5, 5.41) is 4.67. The van der Waals surface area contributed by atoms with Gasteiger partial charge in [0.25, 0.3) is 0 Å². The Labute approximate surface area is 102 Å². The summed E-state index contributed by atoms with van der Waals surface area (Å²) in [6.07, 6.45) is 2.17. The maximum absolute atomic E-state index is 5.15. The predicted molar refractivity (Wildman–Crippen MR) is 69.2 cm³/mol. The van der Waals surface area contributed by atoms with Gasteiger partial charge in [-0.3, -0.25) is 0 Å². The molecule has 4 heteroatoms. The van der Waals surface area contributed by atoms with Crippen molar-refractivity contribution in [3.63, 3.8) is 0 Å². The van der Waals surface area contributed by atoms with Crippen LogP contribution in [0.15, 0.2) is 0 Å². The van der Waals surface area contributed by atoms with Gasteiger partial charge < -0.3 is 10.1 Å². The summed E-state index contributed by atoms with van der Waals surface area (Å²) in [6, 6.07) is 0.472. The molecule has 1 atom stereocenters. The molecule has 0 aromatic carbocycles. The van der Waals surface area contributed by atoms with E-state index >= 15 is 0 Å². The van der Waals surface area contributed by atoms with Crippen LogP contribution in [-0.2, 0) is 11.2 Å². The summed E-state index contributed by atoms with van der Waals surface area (Å²) in [7, 11) is 1.75. The van der Waals surface area contributed by atoms with Crippen LogP contribution in [0, 0.1) is 13.8 Å². The minimum absolute atomic E-state index is 0.472. The fraction of sp³-hybridized carbons (Fsp3) is 0.750. The Hall–Kier alpha value is -0.450. The van der Waals surface area contributed by atoms with Crippen molar-refractivity contribution in [3.8, 4) is 0 Å². The highest BCUT2D eigenvalue weighted by molar-refractivity contribution is 7.11. The number of rotatable bonds is 7. The third-order valence-corrected chi connectivity index (χ3v) is 3.78. The van der Waals surface area contributed by atoms with E-state index in [1.54, 1.807) is 18.4 Å². The van der Waals surface area contributed by atoms with Crippen LogP contribution in [0.5, 0.6) is 0 Å². The Kier molecular flexibility index (Phi) is 5.95. The lowest BCUT2D eigenvalue weighted by Gasteiger charge is -2.15. The third-order valence-electron chi connectivity index (χ3n) is 2.65. The van der Waals surface area contributed by atoms with Gasteiger partial charge in [0.2, 0.25) is 0 Å². The molecule has 0 radical (unpaired) electrons. The molecule has 0 aliphatic rings. The third kappa shape index (κ3) is 4.20. The topological polar surface area (TPSA) is 34.1 Å². The summed E-state index contributed by atoms with van der Waals surface area (Å²) in [5.74, 6) is 0. The Bertz CT molecular complexity index is 312. The zero-order chi connectivity index (χ0) is 12.0. The number of aromatic nitrogens is 1. The fourth-order valence-electron chi connectivity index (χ4n) is 1.72. The summed E-state index contributed by atoms with van der Waals surface area (Å²) in [4.78, 5) is 5.83. The molecule has 0 saturated heterocycles. The highest BCUT2D eigenvalue weighted by atomic mass is 32.1. The standard InChI is InChI=1S/C12H22N2OS/c1-5-11(8-15-4)13-7-6-12-9(2)14-10(3)16-12/h11,13H,5-8H2,1-4H3/t11-/m1/s1. The van der Waals surface area contributed by atoms with E-state index in [2.05, 4.69) is 31.1 Å². The predicted octanol–water partition coefficient (Wildman–Crippen LogP) is 2.32. The summed E-state index contributed by atoms with van der Waals surface area (Å²) >= 11 is 1.80. The first-order chi connectivity index (χ1) is 7.67. The highest BCUT2D eigenvalue weighted by Gasteiger charge is 2.07. The number of ether oxygens (including phenoxy) is 1. The van der Waals surface area contributed by atoms with Crippen molar-refractivity contribution >= 4 is 11.3 Å². The largest absolute Gasteiger partial charge is 0.383 e. The summed E-state index contributed by atoms with van der Waals surface area (Å²) < 4.78 is 5.15. The van der Waals surface area contributed by atoms with E-state index in [1.807, 2.05) is 0 Å². The van der Waals surface area contributed by atoms with Gasteiger partial charge in [-0.2, -0.15) is 0 Å². The van der Waals surface area contributed by atoms with Crippen molar-refractivity contribution in [2.45, 2.75) is 39.7 Å². The van der Waals surface area contributed by atoms with E-state index < -0.39 is 0 Å². The molecule has 0 fully saturated rings. The number of nitrogens with zero attached hydrogens (tertiary/aromatic N) is 1. The highest BCUT2D eigenvalue weighted by Crippen LogP contribution is 2.17. The van der Waals surface area contributed by atoms with Crippen molar-refractivity contribution in [2.75, 3.05) is 20.3 Å². The first-order valence-corrected chi connectivity index (χ1v) is 6.64. The van der Waals surface area contributed by atoms with E-state index in [0.717, 1.165) is 31.0 Å². The molecule has 0 aliphatic heterocycles. The van der Waals surface area contributed by atoms with E-state index in [0.29, 0.717) is 6.04 Å². The van der Waals surface area contributed by atoms with Gasteiger partial charge in [0, 0.05) is 24.6 Å². The number of thiazole rings is 1. The normalized spacial score (nSPS) is 13.0. The lowest BCUT2D eigenvalue weighted by atomic mass is 10.2. The molecule has 1 rings (SSSR count). The minimum atomic E-state index is 0.472. The zero-order valence-corrected chi connectivity index (χ0v) is 11.5. The molecule has 0 amide bonds. The second-order valence-corrected chi connectivity index (χ2v) is 5.29. The molecular formula is C12H22N2OS. The number of hydrogen-bond acceptors (Lipinski definition) is 4. The Morgan fingerprint density at radius 2 is 2.19 bits per heavy atom. The molecule has 0 unspecified atom stereocenters. The van der Waals surface area contributed by atoms with Crippen molar-refractivity contribution in [3.05, 3.63) is 15.6 Å². The average Bonchev–Trinajstić information content (AvgIpc) is 2.56. The Morgan fingerprint density at radius 3 is 2.69 bits per heavy atom. The molecule has 3 nitrogen and oxygen atoms in total. The van der Waals surface area contributed by atoms with Crippen LogP contribution in [0.2, 0.25) is 0 Å². The van der Waals surface area contributed by atoms with Crippen LogP contribution in [0.1, 0.15) is 28.9 Å². The molecular weight excluding hydrogens is 220 g/mol. The maximum atomic E-state index is 5.15. The minimum Gasteiger partial charge on any atom is -0.383 e. The van der Waals surface area contributed by atoms with Crippen molar-refractivity contribution < 1.29 is 4.74 Å². The molecule has 92 valence electrons. The van der Waals surface area contributed by atoms with Gasteiger partial charge in [0.15, 0.2) is 0 Å². The molecule has 0 aliphatic carbocycles. The van der Waals surface area contributed by atoms with Gasteiger partial charge in [-0.15, -0.1) is 11.3 Å². The lowest BCUT2D eigenvalue weighted by Crippen LogP contribution is -2.33. The molecule has 0 spiro atoms. The first-order valence-electron chi connectivity index (χ1n) is 5.82. The van der Waals surface area contributed by atoms with Crippen LogP contribution >= 0.6 is 11.3 Å². The van der Waals surface area contributed by atoms with Gasteiger partial charge in [0.05, 0.1) is 17.3 Å². The van der Waals surface area contributed by atoms with Crippen molar-refractivity contribution in [1.29, 1.82) is 0 Å². The number of hydrogen-bond donors (Lipinski definition) is 1. The van der Waals surface area contributed by atoms with E-state index in [1.165, 1.54) is 10.6 Å². The van der Waals surface area contributed by atoms with Crippen molar-refractivity contribution in [1.82, 2.24) is 10.3 Å². The Balaban J connectivity index is 2.32. The zero-order valence-electron chi connectivity index (χ0n) is 10.7. The van der Waals surface area contributed by atoms with Gasteiger partial charge in [-0.05, 0) is 26.7 Å². The lowest BCUT2D eigenvalue weighted by molar-refractivity contribution is 0.165. The molecule has 0 bridgehead atoms. The molecule has 16 heavy (non-hydrogen) atoms. The number of nitrogens with one attached hydrogen (secondary N) is 1. The summed E-state index contributed by atoms with van der Waals surface area (Å²) in [6.45, 7) is 8.12.